The fraction of sp³-hybridized carbons (Fsp3) is 0.611. The van der Waals surface area contributed by atoms with Gasteiger partial charge in [0.1, 0.15) is 0 Å². The maximum absolute atomic E-state index is 11.9. The van der Waals surface area contributed by atoms with E-state index in [1.807, 2.05) is 0 Å². The van der Waals surface area contributed by atoms with Gasteiger partial charge in [-0.15, -0.1) is 12.4 Å². The Balaban J connectivity index is 0.00000242. The average Bonchev–Trinajstić information content (AvgIpc) is 2.95. The quantitative estimate of drug-likeness (QED) is 0.873. The van der Waals surface area contributed by atoms with E-state index in [1.165, 1.54) is 24.0 Å². The van der Waals surface area contributed by atoms with Gasteiger partial charge >= 0.3 is 0 Å². The number of nitrogens with one attached hydrogen (secondary N) is 2. The Morgan fingerprint density at radius 2 is 1.95 bits per heavy atom. The van der Waals surface area contributed by atoms with Crippen LogP contribution in [0.3, 0.4) is 0 Å². The van der Waals surface area contributed by atoms with Crippen molar-refractivity contribution in [2.45, 2.75) is 57.9 Å². The van der Waals surface area contributed by atoms with Gasteiger partial charge in [-0.2, -0.15) is 0 Å². The number of halogens is 1. The number of rotatable bonds is 5. The van der Waals surface area contributed by atoms with Gasteiger partial charge in [0.05, 0.1) is 0 Å². The van der Waals surface area contributed by atoms with Crippen LogP contribution >= 0.6 is 12.4 Å². The number of amides is 1. The van der Waals surface area contributed by atoms with Crippen LogP contribution in [0.25, 0.3) is 0 Å². The Morgan fingerprint density at radius 3 is 2.50 bits per heavy atom. The van der Waals surface area contributed by atoms with Crippen LogP contribution < -0.4 is 10.6 Å². The van der Waals surface area contributed by atoms with Crippen LogP contribution in [0.4, 0.5) is 0 Å². The van der Waals surface area contributed by atoms with E-state index in [1.54, 1.807) is 0 Å². The number of aryl methyl sites for hydroxylation is 1. The van der Waals surface area contributed by atoms with E-state index in [2.05, 4.69) is 55.7 Å². The summed E-state index contributed by atoms with van der Waals surface area (Å²) in [5.74, 6) is 0.156. The molecular formula is C18H29ClN2O. The standard InChI is InChI=1S/C18H28N2O.ClH/c1-18(2,3)15-9-6-14(7-10-15)8-11-17(21)20-13-16-5-4-12-19-16;/h6-7,9-10,16,19H,4-5,8,11-13H2,1-3H3,(H,20,21);1H. The second-order valence-corrected chi connectivity index (χ2v) is 7.04. The zero-order valence-electron chi connectivity index (χ0n) is 13.9. The molecule has 22 heavy (non-hydrogen) atoms. The fourth-order valence-electron chi connectivity index (χ4n) is 2.69. The third-order valence-corrected chi connectivity index (χ3v) is 4.17. The molecule has 4 heteroatoms. The third kappa shape index (κ3) is 5.98. The lowest BCUT2D eigenvalue weighted by Crippen LogP contribution is -2.37. The lowest BCUT2D eigenvalue weighted by atomic mass is 9.86. The molecule has 124 valence electrons. The molecular weight excluding hydrogens is 296 g/mol. The highest BCUT2D eigenvalue weighted by atomic mass is 35.5. The summed E-state index contributed by atoms with van der Waals surface area (Å²) in [6.07, 6.45) is 3.78. The predicted octanol–water partition coefficient (Wildman–Crippen LogP) is 3.21. The van der Waals surface area contributed by atoms with E-state index in [4.69, 9.17) is 0 Å². The number of carbonyl (C=O) groups excluding carboxylic acids is 1. The molecule has 1 unspecified atom stereocenters. The molecule has 1 aliphatic rings. The van der Waals surface area contributed by atoms with Crippen LogP contribution in [0.5, 0.6) is 0 Å². The number of hydrogen-bond acceptors (Lipinski definition) is 2. The van der Waals surface area contributed by atoms with Crippen molar-refractivity contribution in [2.24, 2.45) is 0 Å². The highest BCUT2D eigenvalue weighted by Crippen LogP contribution is 2.22. The SMILES string of the molecule is CC(C)(C)c1ccc(CCC(=O)NCC2CCCN2)cc1.Cl. The summed E-state index contributed by atoms with van der Waals surface area (Å²) in [7, 11) is 0. The first kappa shape index (κ1) is 19.0. The van der Waals surface area contributed by atoms with Gasteiger partial charge in [-0.25, -0.2) is 0 Å². The minimum Gasteiger partial charge on any atom is -0.355 e. The van der Waals surface area contributed by atoms with Gasteiger partial charge in [-0.05, 0) is 42.3 Å². The summed E-state index contributed by atoms with van der Waals surface area (Å²) in [4.78, 5) is 11.9. The van der Waals surface area contributed by atoms with Crippen molar-refractivity contribution < 1.29 is 4.79 Å². The van der Waals surface area contributed by atoms with Crippen LogP contribution in [0.1, 0.15) is 51.2 Å². The van der Waals surface area contributed by atoms with Crippen LogP contribution in [-0.4, -0.2) is 25.0 Å². The van der Waals surface area contributed by atoms with Crippen molar-refractivity contribution in [3.05, 3.63) is 35.4 Å². The maximum Gasteiger partial charge on any atom is 0.220 e. The van der Waals surface area contributed by atoms with Gasteiger partial charge in [0.25, 0.3) is 0 Å². The molecule has 2 rings (SSSR count). The first-order chi connectivity index (χ1) is 9.95. The Hall–Kier alpha value is -1.06. The summed E-state index contributed by atoms with van der Waals surface area (Å²) in [6.45, 7) is 8.49. The molecule has 2 N–H and O–H groups in total. The van der Waals surface area contributed by atoms with E-state index < -0.39 is 0 Å². The molecule has 0 bridgehead atoms. The highest BCUT2D eigenvalue weighted by molar-refractivity contribution is 5.85. The minimum atomic E-state index is 0. The zero-order valence-corrected chi connectivity index (χ0v) is 14.8. The van der Waals surface area contributed by atoms with E-state index in [-0.39, 0.29) is 23.7 Å². The van der Waals surface area contributed by atoms with Crippen LogP contribution in [0.15, 0.2) is 24.3 Å². The number of benzene rings is 1. The Labute approximate surface area is 140 Å². The summed E-state index contributed by atoms with van der Waals surface area (Å²) in [5.41, 5.74) is 2.75. The first-order valence-electron chi connectivity index (χ1n) is 8.04. The van der Waals surface area contributed by atoms with Gasteiger partial charge < -0.3 is 10.6 Å². The zero-order chi connectivity index (χ0) is 15.3. The Bertz CT molecular complexity index is 459. The van der Waals surface area contributed by atoms with Crippen molar-refractivity contribution in [3.63, 3.8) is 0 Å². The molecule has 0 radical (unpaired) electrons. The lowest BCUT2D eigenvalue weighted by molar-refractivity contribution is -0.121. The van der Waals surface area contributed by atoms with Crippen molar-refractivity contribution in [1.82, 2.24) is 10.6 Å². The van der Waals surface area contributed by atoms with Gasteiger partial charge in [0.2, 0.25) is 5.91 Å². The highest BCUT2D eigenvalue weighted by Gasteiger charge is 2.15. The molecule has 3 nitrogen and oxygen atoms in total. The largest absolute Gasteiger partial charge is 0.355 e. The Morgan fingerprint density at radius 1 is 1.27 bits per heavy atom. The van der Waals surface area contributed by atoms with E-state index in [0.717, 1.165) is 19.5 Å². The molecule has 0 spiro atoms. The second kappa shape index (κ2) is 8.54. The van der Waals surface area contributed by atoms with Crippen molar-refractivity contribution in [1.29, 1.82) is 0 Å². The normalized spacial score (nSPS) is 17.9. The average molecular weight is 325 g/mol. The fourth-order valence-corrected chi connectivity index (χ4v) is 2.69. The van der Waals surface area contributed by atoms with Gasteiger partial charge in [0.15, 0.2) is 0 Å². The third-order valence-electron chi connectivity index (χ3n) is 4.17. The molecule has 1 aromatic rings. The molecule has 0 saturated carbocycles. The van der Waals surface area contributed by atoms with Crippen molar-refractivity contribution >= 4 is 18.3 Å². The molecule has 1 heterocycles. The molecule has 1 atom stereocenters. The molecule has 1 aliphatic heterocycles. The van der Waals surface area contributed by atoms with E-state index in [9.17, 15) is 4.79 Å². The molecule has 1 fully saturated rings. The summed E-state index contributed by atoms with van der Waals surface area (Å²) in [6, 6.07) is 9.12. The molecule has 0 aromatic heterocycles. The number of carbonyl (C=O) groups is 1. The Kier molecular flexibility index (Phi) is 7.37. The molecule has 1 amide bonds. The van der Waals surface area contributed by atoms with Gasteiger partial charge in [-0.3, -0.25) is 4.79 Å². The molecule has 1 saturated heterocycles. The topological polar surface area (TPSA) is 41.1 Å². The smallest absolute Gasteiger partial charge is 0.220 e. The summed E-state index contributed by atoms with van der Waals surface area (Å²) in [5, 5.41) is 6.42. The van der Waals surface area contributed by atoms with Crippen LogP contribution in [-0.2, 0) is 16.6 Å². The van der Waals surface area contributed by atoms with Crippen molar-refractivity contribution in [2.75, 3.05) is 13.1 Å². The predicted molar refractivity (Wildman–Crippen MR) is 94.7 cm³/mol. The summed E-state index contributed by atoms with van der Waals surface area (Å²) >= 11 is 0. The van der Waals surface area contributed by atoms with Gasteiger partial charge in [-0.1, -0.05) is 45.0 Å². The number of hydrogen-bond donors (Lipinski definition) is 2. The van der Waals surface area contributed by atoms with Crippen LogP contribution in [0, 0.1) is 0 Å². The first-order valence-corrected chi connectivity index (χ1v) is 8.04. The summed E-state index contributed by atoms with van der Waals surface area (Å²) < 4.78 is 0. The lowest BCUT2D eigenvalue weighted by Gasteiger charge is -2.19. The van der Waals surface area contributed by atoms with Crippen molar-refractivity contribution in [3.8, 4) is 0 Å². The van der Waals surface area contributed by atoms with Gasteiger partial charge in [0, 0.05) is 19.0 Å². The monoisotopic (exact) mass is 324 g/mol. The molecule has 1 aromatic carbocycles. The van der Waals surface area contributed by atoms with Crippen LogP contribution in [0.2, 0.25) is 0 Å². The molecule has 0 aliphatic carbocycles. The van der Waals surface area contributed by atoms with E-state index in [0.29, 0.717) is 12.5 Å². The van der Waals surface area contributed by atoms with E-state index >= 15 is 0 Å². The maximum atomic E-state index is 11.9. The minimum absolute atomic E-state index is 0. The second-order valence-electron chi connectivity index (χ2n) is 7.04.